The molecule has 0 saturated carbocycles. The predicted octanol–water partition coefficient (Wildman–Crippen LogP) is 4.72. The predicted molar refractivity (Wildman–Crippen MR) is 90.6 cm³/mol. The van der Waals surface area contributed by atoms with Crippen molar-refractivity contribution in [1.29, 1.82) is 5.41 Å². The van der Waals surface area contributed by atoms with Crippen molar-refractivity contribution in [2.75, 3.05) is 12.4 Å². The minimum atomic E-state index is 0.567. The molecule has 0 atom stereocenters. The van der Waals surface area contributed by atoms with E-state index in [1.165, 1.54) is 5.56 Å². The van der Waals surface area contributed by atoms with Gasteiger partial charge in [0.1, 0.15) is 5.75 Å². The Morgan fingerprint density at radius 2 is 1.67 bits per heavy atom. The van der Waals surface area contributed by atoms with Crippen LogP contribution in [0.1, 0.15) is 31.9 Å². The van der Waals surface area contributed by atoms with Gasteiger partial charge in [-0.3, -0.25) is 0 Å². The average molecular weight is 284 g/mol. The maximum Gasteiger partial charge on any atom is 0.118 e. The Hall–Kier alpha value is -2.29. The Labute approximate surface area is 127 Å². The molecule has 0 aliphatic heterocycles. The highest BCUT2D eigenvalue weighted by Gasteiger charge is 2.03. The number of ether oxygens (including phenoxy) is 1. The van der Waals surface area contributed by atoms with Crippen LogP contribution in [0.3, 0.4) is 0 Å². The van der Waals surface area contributed by atoms with Crippen LogP contribution in [0.4, 0.5) is 5.69 Å². The lowest BCUT2D eigenvalue weighted by Crippen LogP contribution is -2.04. The van der Waals surface area contributed by atoms with Crippen molar-refractivity contribution < 1.29 is 4.74 Å². The van der Waals surface area contributed by atoms with Crippen molar-refractivity contribution in [3.63, 3.8) is 0 Å². The van der Waals surface area contributed by atoms with Gasteiger partial charge in [-0.15, -0.1) is 0 Å². The zero-order valence-corrected chi connectivity index (χ0v) is 13.2. The first kappa shape index (κ1) is 16.8. The third-order valence-electron chi connectivity index (χ3n) is 2.97. The molecule has 0 saturated heterocycles. The van der Waals surface area contributed by atoms with E-state index in [2.05, 4.69) is 5.32 Å². The molecule has 0 aliphatic rings. The molecule has 0 amide bonds. The van der Waals surface area contributed by atoms with Crippen LogP contribution in [0.25, 0.3) is 0 Å². The van der Waals surface area contributed by atoms with Crippen molar-refractivity contribution in [2.24, 2.45) is 0 Å². The fourth-order valence-electron chi connectivity index (χ4n) is 1.90. The van der Waals surface area contributed by atoms with Crippen LogP contribution in [0.2, 0.25) is 0 Å². The smallest absolute Gasteiger partial charge is 0.118 e. The van der Waals surface area contributed by atoms with Gasteiger partial charge in [-0.2, -0.15) is 0 Å². The van der Waals surface area contributed by atoms with E-state index in [4.69, 9.17) is 10.1 Å². The first-order valence-electron chi connectivity index (χ1n) is 7.22. The molecule has 0 fully saturated rings. The molecule has 0 spiro atoms. The molecule has 2 N–H and O–H groups in total. The van der Waals surface area contributed by atoms with Gasteiger partial charge in [-0.1, -0.05) is 44.2 Å². The number of benzene rings is 2. The Bertz CT molecular complexity index is 562. The summed E-state index contributed by atoms with van der Waals surface area (Å²) in [4.78, 5) is 0. The van der Waals surface area contributed by atoms with Gasteiger partial charge >= 0.3 is 0 Å². The van der Waals surface area contributed by atoms with Gasteiger partial charge in [0, 0.05) is 23.5 Å². The second kappa shape index (κ2) is 8.80. The molecule has 0 radical (unpaired) electrons. The molecule has 2 rings (SSSR count). The minimum absolute atomic E-state index is 0.567. The third kappa shape index (κ3) is 4.95. The highest BCUT2D eigenvalue weighted by atomic mass is 16.5. The quantitative estimate of drug-likeness (QED) is 0.780. The van der Waals surface area contributed by atoms with Gasteiger partial charge in [-0.25, -0.2) is 0 Å². The van der Waals surface area contributed by atoms with Crippen molar-refractivity contribution in [1.82, 2.24) is 0 Å². The summed E-state index contributed by atoms with van der Waals surface area (Å²) in [7, 11) is 1.66. The second-order valence-electron chi connectivity index (χ2n) is 4.37. The molecule has 2 aromatic rings. The van der Waals surface area contributed by atoms with Gasteiger partial charge < -0.3 is 15.5 Å². The molecule has 0 aliphatic carbocycles. The Balaban J connectivity index is 0.00000106. The molecule has 2 aromatic carbocycles. The highest BCUT2D eigenvalue weighted by Crippen LogP contribution is 2.17. The van der Waals surface area contributed by atoms with E-state index in [-0.39, 0.29) is 0 Å². The lowest BCUT2D eigenvalue weighted by molar-refractivity contribution is 0.414. The monoisotopic (exact) mass is 284 g/mol. The fraction of sp³-hybridized carbons (Fsp3) is 0.278. The number of hydrogen-bond acceptors (Lipinski definition) is 3. The lowest BCUT2D eigenvalue weighted by atomic mass is 10.1. The number of hydrogen-bond donors (Lipinski definition) is 2. The number of rotatable bonds is 5. The first-order valence-corrected chi connectivity index (χ1v) is 7.22. The summed E-state index contributed by atoms with van der Waals surface area (Å²) < 4.78 is 5.13. The summed E-state index contributed by atoms with van der Waals surface area (Å²) in [6.45, 7) is 6.53. The molecule has 112 valence electrons. The van der Waals surface area contributed by atoms with Crippen molar-refractivity contribution in [2.45, 2.75) is 27.3 Å². The van der Waals surface area contributed by atoms with Crippen molar-refractivity contribution in [3.8, 4) is 5.75 Å². The summed E-state index contributed by atoms with van der Waals surface area (Å²) in [5.41, 5.74) is 3.68. The van der Waals surface area contributed by atoms with E-state index in [0.29, 0.717) is 5.71 Å². The Morgan fingerprint density at radius 1 is 1.05 bits per heavy atom. The highest BCUT2D eigenvalue weighted by molar-refractivity contribution is 6.01. The maximum absolute atomic E-state index is 7.76. The van der Waals surface area contributed by atoms with Crippen LogP contribution >= 0.6 is 0 Å². The zero-order valence-electron chi connectivity index (χ0n) is 13.2. The van der Waals surface area contributed by atoms with Gasteiger partial charge in [0.25, 0.3) is 0 Å². The van der Waals surface area contributed by atoms with Gasteiger partial charge in [0.15, 0.2) is 0 Å². The number of methoxy groups -OCH3 is 1. The summed E-state index contributed by atoms with van der Waals surface area (Å²) in [6, 6.07) is 15.8. The van der Waals surface area contributed by atoms with Crippen molar-refractivity contribution >= 4 is 11.4 Å². The summed E-state index contributed by atoms with van der Waals surface area (Å²) >= 11 is 0. The van der Waals surface area contributed by atoms with Crippen LogP contribution in [0.15, 0.2) is 48.5 Å². The third-order valence-corrected chi connectivity index (χ3v) is 2.97. The van der Waals surface area contributed by atoms with Gasteiger partial charge in [0.05, 0.1) is 7.11 Å². The normalized spacial score (nSPS) is 9.33. The fourth-order valence-corrected chi connectivity index (χ4v) is 1.90. The van der Waals surface area contributed by atoms with Crippen LogP contribution in [-0.2, 0) is 6.54 Å². The molecular weight excluding hydrogens is 260 g/mol. The zero-order chi connectivity index (χ0) is 15.7. The Kier molecular flexibility index (Phi) is 7.02. The van der Waals surface area contributed by atoms with E-state index in [0.717, 1.165) is 23.5 Å². The standard InChI is InChI=1S/C16H18N2O.C2H6/c1-12(17)15-5-3-4-6-16(15)18-11-13-7-9-14(19-2)10-8-13;1-2/h3-10,17-18H,11H2,1-2H3;1-2H3. The molecule has 3 heteroatoms. The summed E-state index contributed by atoms with van der Waals surface area (Å²) in [5, 5.41) is 11.1. The SMILES string of the molecule is CC.COc1ccc(CNc2ccccc2C(C)=N)cc1. The van der Waals surface area contributed by atoms with Crippen LogP contribution < -0.4 is 10.1 Å². The average Bonchev–Trinajstić information content (AvgIpc) is 2.55. The maximum atomic E-state index is 7.76. The molecule has 0 aromatic heterocycles. The summed E-state index contributed by atoms with van der Waals surface area (Å²) in [6.07, 6.45) is 0. The summed E-state index contributed by atoms with van der Waals surface area (Å²) in [5.74, 6) is 0.861. The largest absolute Gasteiger partial charge is 0.497 e. The van der Waals surface area contributed by atoms with Crippen LogP contribution in [0, 0.1) is 5.41 Å². The van der Waals surface area contributed by atoms with E-state index < -0.39 is 0 Å². The van der Waals surface area contributed by atoms with E-state index >= 15 is 0 Å². The van der Waals surface area contributed by atoms with Crippen molar-refractivity contribution in [3.05, 3.63) is 59.7 Å². The number of para-hydroxylation sites is 1. The molecule has 0 bridgehead atoms. The topological polar surface area (TPSA) is 45.1 Å². The van der Waals surface area contributed by atoms with Gasteiger partial charge in [-0.05, 0) is 30.7 Å². The first-order chi connectivity index (χ1) is 10.2. The second-order valence-corrected chi connectivity index (χ2v) is 4.37. The number of nitrogens with one attached hydrogen (secondary N) is 2. The molecule has 21 heavy (non-hydrogen) atoms. The molecule has 0 heterocycles. The Morgan fingerprint density at radius 3 is 2.24 bits per heavy atom. The minimum Gasteiger partial charge on any atom is -0.497 e. The molecule has 3 nitrogen and oxygen atoms in total. The lowest BCUT2D eigenvalue weighted by Gasteiger charge is -2.11. The number of anilines is 1. The van der Waals surface area contributed by atoms with Crippen LogP contribution in [-0.4, -0.2) is 12.8 Å². The van der Waals surface area contributed by atoms with Gasteiger partial charge in [0.2, 0.25) is 0 Å². The van der Waals surface area contributed by atoms with E-state index in [1.807, 2.05) is 62.4 Å². The van der Waals surface area contributed by atoms with Crippen LogP contribution in [0.5, 0.6) is 5.75 Å². The molecular formula is C18H24N2O. The molecule has 0 unspecified atom stereocenters. The van der Waals surface area contributed by atoms with E-state index in [9.17, 15) is 0 Å². The van der Waals surface area contributed by atoms with E-state index in [1.54, 1.807) is 14.0 Å².